The second-order valence-corrected chi connectivity index (χ2v) is 9.38. The van der Waals surface area contributed by atoms with E-state index in [0.717, 1.165) is 48.9 Å². The summed E-state index contributed by atoms with van der Waals surface area (Å²) in [4.78, 5) is 29.1. The summed E-state index contributed by atoms with van der Waals surface area (Å²) in [6, 6.07) is 23.0. The number of amides is 2. The van der Waals surface area contributed by atoms with E-state index < -0.39 is 5.66 Å². The van der Waals surface area contributed by atoms with Gasteiger partial charge in [-0.3, -0.25) is 14.9 Å². The van der Waals surface area contributed by atoms with Gasteiger partial charge in [-0.1, -0.05) is 36.8 Å². The standard InChI is InChI=1S/C30H29N7O/c31-18-24-11-14-28(34-20-24)36-30(15-5-2-6-16-30)37(29(38)35-19-23-8-3-1-4-9-23)26-12-13-27(33-22-26)25-10-7-17-32-21-25/h1,3-4,7-14,17,20-22H,2,5-6,15-16,19H2,(H,34,36)(H,35,38). The molecule has 1 fully saturated rings. The fourth-order valence-electron chi connectivity index (χ4n) is 4.93. The first-order valence-corrected chi connectivity index (χ1v) is 12.8. The Hall–Kier alpha value is -4.77. The van der Waals surface area contributed by atoms with E-state index >= 15 is 0 Å². The van der Waals surface area contributed by atoms with Crippen LogP contribution in [0.4, 0.5) is 16.3 Å². The summed E-state index contributed by atoms with van der Waals surface area (Å²) in [5, 5.41) is 15.9. The number of carbonyl (C=O) groups is 1. The molecule has 0 aliphatic heterocycles. The number of hydrogen-bond donors (Lipinski definition) is 2. The molecule has 0 radical (unpaired) electrons. The van der Waals surface area contributed by atoms with Crippen molar-refractivity contribution < 1.29 is 4.79 Å². The van der Waals surface area contributed by atoms with Crippen LogP contribution < -0.4 is 15.5 Å². The van der Waals surface area contributed by atoms with Crippen LogP contribution in [0.25, 0.3) is 11.3 Å². The molecule has 8 nitrogen and oxygen atoms in total. The normalized spacial score (nSPS) is 14.2. The molecule has 3 heterocycles. The minimum Gasteiger partial charge on any atom is -0.347 e. The highest BCUT2D eigenvalue weighted by molar-refractivity contribution is 5.94. The van der Waals surface area contributed by atoms with Crippen LogP contribution in [0.1, 0.15) is 43.2 Å². The Kier molecular flexibility index (Phi) is 7.55. The Balaban J connectivity index is 1.50. The zero-order valence-electron chi connectivity index (χ0n) is 21.0. The van der Waals surface area contributed by atoms with Gasteiger partial charge in [0.1, 0.15) is 17.5 Å². The van der Waals surface area contributed by atoms with Crippen LogP contribution in [0.5, 0.6) is 0 Å². The van der Waals surface area contributed by atoms with E-state index in [-0.39, 0.29) is 6.03 Å². The summed E-state index contributed by atoms with van der Waals surface area (Å²) < 4.78 is 0. The van der Waals surface area contributed by atoms with E-state index in [4.69, 9.17) is 0 Å². The Morgan fingerprint density at radius 2 is 1.76 bits per heavy atom. The first-order chi connectivity index (χ1) is 18.7. The van der Waals surface area contributed by atoms with Crippen molar-refractivity contribution in [2.75, 3.05) is 10.2 Å². The molecule has 3 aromatic heterocycles. The van der Waals surface area contributed by atoms with Gasteiger partial charge >= 0.3 is 6.03 Å². The Labute approximate surface area is 222 Å². The molecule has 1 aromatic carbocycles. The molecule has 1 saturated carbocycles. The number of aromatic nitrogens is 3. The second kappa shape index (κ2) is 11.5. The van der Waals surface area contributed by atoms with Gasteiger partial charge in [0.05, 0.1) is 23.1 Å². The van der Waals surface area contributed by atoms with E-state index in [2.05, 4.69) is 31.7 Å². The summed E-state index contributed by atoms with van der Waals surface area (Å²) in [5.74, 6) is 0.617. The first-order valence-electron chi connectivity index (χ1n) is 12.8. The lowest BCUT2D eigenvalue weighted by molar-refractivity contribution is 0.230. The highest BCUT2D eigenvalue weighted by Crippen LogP contribution is 2.38. The molecule has 0 bridgehead atoms. The molecule has 0 unspecified atom stereocenters. The lowest BCUT2D eigenvalue weighted by Crippen LogP contribution is -2.61. The maximum Gasteiger partial charge on any atom is 0.324 e. The van der Waals surface area contributed by atoms with Crippen LogP contribution in [0.3, 0.4) is 0 Å². The van der Waals surface area contributed by atoms with Crippen molar-refractivity contribution >= 4 is 17.5 Å². The number of nitriles is 1. The van der Waals surface area contributed by atoms with Crippen LogP contribution in [0, 0.1) is 11.3 Å². The SMILES string of the molecule is N#Cc1ccc(NC2(N(C(=O)NCc3ccccc3)c3ccc(-c4cccnc4)nc3)CCCCC2)nc1. The summed E-state index contributed by atoms with van der Waals surface area (Å²) in [6.07, 6.45) is 11.3. The summed E-state index contributed by atoms with van der Waals surface area (Å²) in [5.41, 5.74) is 3.17. The molecule has 0 saturated heterocycles. The van der Waals surface area contributed by atoms with Crippen molar-refractivity contribution in [1.82, 2.24) is 20.3 Å². The van der Waals surface area contributed by atoms with Crippen LogP contribution >= 0.6 is 0 Å². The van der Waals surface area contributed by atoms with Gasteiger partial charge in [-0.2, -0.15) is 5.26 Å². The van der Waals surface area contributed by atoms with E-state index in [1.807, 2.05) is 54.6 Å². The molecule has 0 spiro atoms. The zero-order chi connectivity index (χ0) is 26.2. The minimum atomic E-state index is -0.711. The van der Waals surface area contributed by atoms with Gasteiger partial charge in [-0.15, -0.1) is 0 Å². The number of pyridine rings is 3. The molecule has 4 aromatic rings. The predicted octanol–water partition coefficient (Wildman–Crippen LogP) is 5.90. The van der Waals surface area contributed by atoms with Crippen molar-refractivity contribution in [3.8, 4) is 17.3 Å². The van der Waals surface area contributed by atoms with Crippen molar-refractivity contribution in [3.63, 3.8) is 0 Å². The van der Waals surface area contributed by atoms with Gasteiger partial charge in [0.2, 0.25) is 0 Å². The van der Waals surface area contributed by atoms with Crippen LogP contribution in [0.15, 0.2) is 91.5 Å². The minimum absolute atomic E-state index is 0.215. The molecular formula is C30H29N7O. The predicted molar refractivity (Wildman–Crippen MR) is 147 cm³/mol. The van der Waals surface area contributed by atoms with Crippen molar-refractivity contribution in [2.24, 2.45) is 0 Å². The Bertz CT molecular complexity index is 1380. The number of rotatable bonds is 7. The molecule has 2 N–H and O–H groups in total. The zero-order valence-corrected chi connectivity index (χ0v) is 21.0. The molecule has 190 valence electrons. The van der Waals surface area contributed by atoms with Crippen molar-refractivity contribution in [1.29, 1.82) is 5.26 Å². The molecule has 1 aliphatic rings. The highest BCUT2D eigenvalue weighted by atomic mass is 16.2. The molecular weight excluding hydrogens is 474 g/mol. The Morgan fingerprint density at radius 3 is 2.42 bits per heavy atom. The maximum atomic E-state index is 13.9. The summed E-state index contributed by atoms with van der Waals surface area (Å²) >= 11 is 0. The lowest BCUT2D eigenvalue weighted by Gasteiger charge is -2.46. The van der Waals surface area contributed by atoms with Gasteiger partial charge in [-0.25, -0.2) is 9.78 Å². The number of anilines is 2. The van der Waals surface area contributed by atoms with Crippen molar-refractivity contribution in [2.45, 2.75) is 44.3 Å². The average Bonchev–Trinajstić information content (AvgIpc) is 2.98. The van der Waals surface area contributed by atoms with Crippen molar-refractivity contribution in [3.05, 3.63) is 103 Å². The molecule has 0 atom stereocenters. The molecule has 2 amide bonds. The number of nitrogens with zero attached hydrogens (tertiary/aromatic N) is 5. The topological polar surface area (TPSA) is 107 Å². The first kappa shape index (κ1) is 24.9. The maximum absolute atomic E-state index is 13.9. The second-order valence-electron chi connectivity index (χ2n) is 9.38. The number of urea groups is 1. The summed E-state index contributed by atoms with van der Waals surface area (Å²) in [7, 11) is 0. The van der Waals surface area contributed by atoms with Gasteiger partial charge in [-0.05, 0) is 67.6 Å². The number of carbonyl (C=O) groups excluding carboxylic acids is 1. The van der Waals surface area contributed by atoms with Crippen LogP contribution in [0.2, 0.25) is 0 Å². The molecule has 1 aliphatic carbocycles. The fourth-order valence-corrected chi connectivity index (χ4v) is 4.93. The lowest BCUT2D eigenvalue weighted by atomic mass is 9.87. The highest BCUT2D eigenvalue weighted by Gasteiger charge is 2.42. The monoisotopic (exact) mass is 503 g/mol. The third-order valence-corrected chi connectivity index (χ3v) is 6.82. The summed E-state index contributed by atoms with van der Waals surface area (Å²) in [6.45, 7) is 0.405. The van der Waals surface area contributed by atoms with Gasteiger partial charge < -0.3 is 10.6 Å². The number of nitrogens with one attached hydrogen (secondary N) is 2. The Morgan fingerprint density at radius 1 is 0.921 bits per heavy atom. The van der Waals surface area contributed by atoms with Gasteiger partial charge in [0.15, 0.2) is 0 Å². The number of benzene rings is 1. The largest absolute Gasteiger partial charge is 0.347 e. The van der Waals surface area contributed by atoms with E-state index in [1.54, 1.807) is 41.8 Å². The molecule has 8 heteroatoms. The molecule has 5 rings (SSSR count). The van der Waals surface area contributed by atoms with E-state index in [1.165, 1.54) is 0 Å². The third-order valence-electron chi connectivity index (χ3n) is 6.82. The number of hydrogen-bond acceptors (Lipinski definition) is 6. The van der Waals surface area contributed by atoms with Crippen LogP contribution in [-0.2, 0) is 6.54 Å². The molecule has 38 heavy (non-hydrogen) atoms. The third kappa shape index (κ3) is 5.62. The fraction of sp³-hybridized carbons (Fsp3) is 0.233. The smallest absolute Gasteiger partial charge is 0.324 e. The van der Waals surface area contributed by atoms with E-state index in [9.17, 15) is 10.1 Å². The average molecular weight is 504 g/mol. The van der Waals surface area contributed by atoms with Gasteiger partial charge in [0.25, 0.3) is 0 Å². The van der Waals surface area contributed by atoms with E-state index in [0.29, 0.717) is 23.6 Å². The van der Waals surface area contributed by atoms with Gasteiger partial charge in [0, 0.05) is 30.7 Å². The quantitative estimate of drug-likeness (QED) is 0.304. The van der Waals surface area contributed by atoms with Crippen LogP contribution in [-0.4, -0.2) is 26.6 Å².